The van der Waals surface area contributed by atoms with Gasteiger partial charge in [0.05, 0.1) is 11.0 Å². The summed E-state index contributed by atoms with van der Waals surface area (Å²) in [6, 6.07) is 6.49. The number of nitrogens with zero attached hydrogens (tertiary/aromatic N) is 2. The highest BCUT2D eigenvalue weighted by Gasteiger charge is 2.08. The van der Waals surface area contributed by atoms with E-state index in [-0.39, 0.29) is 6.04 Å². The summed E-state index contributed by atoms with van der Waals surface area (Å²) in [5.41, 5.74) is 9.28. The van der Waals surface area contributed by atoms with Crippen molar-refractivity contribution >= 4 is 11.0 Å². The molecule has 2 rings (SSSR count). The summed E-state index contributed by atoms with van der Waals surface area (Å²) in [4.78, 5) is 4.60. The van der Waals surface area contributed by atoms with Crippen molar-refractivity contribution in [2.75, 3.05) is 0 Å². The molecule has 0 saturated heterocycles. The van der Waals surface area contributed by atoms with Gasteiger partial charge in [0.2, 0.25) is 0 Å². The van der Waals surface area contributed by atoms with E-state index in [4.69, 9.17) is 5.73 Å². The second kappa shape index (κ2) is 3.66. The number of nitrogens with two attached hydrogens (primary N) is 1. The standard InChI is InChI=1S/C12H17N3/c1-8-4-5-11-10(6-8)14-12(15(11)3)7-9(2)13/h4-6,9H,7,13H2,1-3H3. The lowest BCUT2D eigenvalue weighted by atomic mass is 10.2. The van der Waals surface area contributed by atoms with Crippen molar-refractivity contribution in [1.82, 2.24) is 9.55 Å². The van der Waals surface area contributed by atoms with Crippen molar-refractivity contribution in [2.24, 2.45) is 12.8 Å². The molecule has 3 heteroatoms. The molecule has 3 nitrogen and oxygen atoms in total. The Morgan fingerprint density at radius 1 is 1.47 bits per heavy atom. The van der Waals surface area contributed by atoms with E-state index in [1.54, 1.807) is 0 Å². The van der Waals surface area contributed by atoms with Crippen LogP contribution in [0.2, 0.25) is 0 Å². The SMILES string of the molecule is Cc1ccc2c(c1)nc(CC(C)N)n2C. The van der Waals surface area contributed by atoms with Crippen LogP contribution < -0.4 is 5.73 Å². The van der Waals surface area contributed by atoms with E-state index >= 15 is 0 Å². The predicted molar refractivity (Wildman–Crippen MR) is 62.8 cm³/mol. The fourth-order valence-electron chi connectivity index (χ4n) is 1.83. The zero-order valence-electron chi connectivity index (χ0n) is 9.49. The van der Waals surface area contributed by atoms with Crippen LogP contribution in [-0.4, -0.2) is 15.6 Å². The van der Waals surface area contributed by atoms with Crippen molar-refractivity contribution in [2.45, 2.75) is 26.3 Å². The van der Waals surface area contributed by atoms with Crippen LogP contribution in [0.4, 0.5) is 0 Å². The van der Waals surface area contributed by atoms with Crippen molar-refractivity contribution in [3.63, 3.8) is 0 Å². The number of aryl methyl sites for hydroxylation is 2. The molecule has 0 spiro atoms. The average molecular weight is 203 g/mol. The van der Waals surface area contributed by atoms with Gasteiger partial charge in [-0.1, -0.05) is 6.07 Å². The second-order valence-electron chi connectivity index (χ2n) is 4.26. The smallest absolute Gasteiger partial charge is 0.111 e. The van der Waals surface area contributed by atoms with Gasteiger partial charge in [-0.15, -0.1) is 0 Å². The number of rotatable bonds is 2. The number of aromatic nitrogens is 2. The van der Waals surface area contributed by atoms with Crippen LogP contribution in [-0.2, 0) is 13.5 Å². The fraction of sp³-hybridized carbons (Fsp3) is 0.417. The first-order valence-corrected chi connectivity index (χ1v) is 5.25. The van der Waals surface area contributed by atoms with Crippen LogP contribution in [0.1, 0.15) is 18.3 Å². The number of fused-ring (bicyclic) bond motifs is 1. The van der Waals surface area contributed by atoms with E-state index in [9.17, 15) is 0 Å². The summed E-state index contributed by atoms with van der Waals surface area (Å²) in [7, 11) is 2.04. The summed E-state index contributed by atoms with van der Waals surface area (Å²) >= 11 is 0. The van der Waals surface area contributed by atoms with Gasteiger partial charge >= 0.3 is 0 Å². The van der Waals surface area contributed by atoms with Gasteiger partial charge in [0.1, 0.15) is 5.82 Å². The van der Waals surface area contributed by atoms with Gasteiger partial charge in [-0.2, -0.15) is 0 Å². The third-order valence-corrected chi connectivity index (χ3v) is 2.63. The first kappa shape index (κ1) is 10.2. The Balaban J connectivity index is 2.54. The molecule has 0 saturated carbocycles. The third kappa shape index (κ3) is 1.88. The molecule has 2 aromatic rings. The quantitative estimate of drug-likeness (QED) is 0.808. The van der Waals surface area contributed by atoms with Crippen molar-refractivity contribution in [1.29, 1.82) is 0 Å². The van der Waals surface area contributed by atoms with Gasteiger partial charge in [0.15, 0.2) is 0 Å². The lowest BCUT2D eigenvalue weighted by Gasteiger charge is -2.04. The van der Waals surface area contributed by atoms with E-state index in [1.165, 1.54) is 11.1 Å². The van der Waals surface area contributed by atoms with Crippen LogP contribution in [0.25, 0.3) is 11.0 Å². The minimum atomic E-state index is 0.154. The van der Waals surface area contributed by atoms with E-state index in [0.717, 1.165) is 17.8 Å². The van der Waals surface area contributed by atoms with Gasteiger partial charge < -0.3 is 10.3 Å². The van der Waals surface area contributed by atoms with Crippen LogP contribution in [0.5, 0.6) is 0 Å². The first-order chi connectivity index (χ1) is 7.08. The van der Waals surface area contributed by atoms with Crippen molar-refractivity contribution in [3.05, 3.63) is 29.6 Å². The zero-order valence-corrected chi connectivity index (χ0v) is 9.49. The molecule has 15 heavy (non-hydrogen) atoms. The number of hydrogen-bond donors (Lipinski definition) is 1. The Morgan fingerprint density at radius 2 is 2.20 bits per heavy atom. The summed E-state index contributed by atoms with van der Waals surface area (Å²) in [5.74, 6) is 1.06. The highest BCUT2D eigenvalue weighted by atomic mass is 15.1. The molecule has 0 aliphatic rings. The Morgan fingerprint density at radius 3 is 2.87 bits per heavy atom. The fourth-order valence-corrected chi connectivity index (χ4v) is 1.83. The van der Waals surface area contributed by atoms with Gasteiger partial charge in [-0.05, 0) is 31.5 Å². The van der Waals surface area contributed by atoms with E-state index in [0.29, 0.717) is 0 Å². The summed E-state index contributed by atoms with van der Waals surface area (Å²) in [5, 5.41) is 0. The normalized spacial score (nSPS) is 13.3. The van der Waals surface area contributed by atoms with Crippen molar-refractivity contribution < 1.29 is 0 Å². The highest BCUT2D eigenvalue weighted by Crippen LogP contribution is 2.16. The molecule has 0 radical (unpaired) electrons. The molecular weight excluding hydrogens is 186 g/mol. The van der Waals surface area contributed by atoms with Crippen LogP contribution >= 0.6 is 0 Å². The molecule has 1 unspecified atom stereocenters. The first-order valence-electron chi connectivity index (χ1n) is 5.25. The molecule has 1 aromatic heterocycles. The molecule has 2 N–H and O–H groups in total. The molecule has 1 heterocycles. The van der Waals surface area contributed by atoms with Gasteiger partial charge in [-0.25, -0.2) is 4.98 Å². The highest BCUT2D eigenvalue weighted by molar-refractivity contribution is 5.76. The maximum absolute atomic E-state index is 5.79. The molecule has 1 aromatic carbocycles. The molecule has 0 aliphatic heterocycles. The summed E-state index contributed by atoms with van der Waals surface area (Å²) < 4.78 is 2.12. The second-order valence-corrected chi connectivity index (χ2v) is 4.26. The van der Waals surface area contributed by atoms with E-state index < -0.39 is 0 Å². The Kier molecular flexibility index (Phi) is 2.49. The van der Waals surface area contributed by atoms with E-state index in [1.807, 2.05) is 14.0 Å². The average Bonchev–Trinajstić information content (AvgIpc) is 2.42. The molecule has 1 atom stereocenters. The summed E-state index contributed by atoms with van der Waals surface area (Å²) in [6.07, 6.45) is 0.824. The van der Waals surface area contributed by atoms with Crippen LogP contribution in [0.3, 0.4) is 0 Å². The minimum Gasteiger partial charge on any atom is -0.331 e. The number of hydrogen-bond acceptors (Lipinski definition) is 2. The van der Waals surface area contributed by atoms with Gasteiger partial charge in [0, 0.05) is 19.5 Å². The molecular formula is C12H17N3. The predicted octanol–water partition coefficient (Wildman–Crippen LogP) is 1.77. The van der Waals surface area contributed by atoms with Gasteiger partial charge in [-0.3, -0.25) is 0 Å². The molecule has 80 valence electrons. The Bertz CT molecular complexity index is 483. The number of imidazole rings is 1. The lowest BCUT2D eigenvalue weighted by Crippen LogP contribution is -2.19. The monoisotopic (exact) mass is 203 g/mol. The Hall–Kier alpha value is -1.35. The summed E-state index contributed by atoms with van der Waals surface area (Å²) in [6.45, 7) is 4.09. The lowest BCUT2D eigenvalue weighted by molar-refractivity contribution is 0.678. The van der Waals surface area contributed by atoms with Crippen LogP contribution in [0.15, 0.2) is 18.2 Å². The van der Waals surface area contributed by atoms with E-state index in [2.05, 4.69) is 34.7 Å². The largest absolute Gasteiger partial charge is 0.331 e. The zero-order chi connectivity index (χ0) is 11.0. The molecule has 0 fully saturated rings. The minimum absolute atomic E-state index is 0.154. The van der Waals surface area contributed by atoms with Gasteiger partial charge in [0.25, 0.3) is 0 Å². The molecule has 0 amide bonds. The van der Waals surface area contributed by atoms with Crippen molar-refractivity contribution in [3.8, 4) is 0 Å². The maximum atomic E-state index is 5.79. The number of benzene rings is 1. The van der Waals surface area contributed by atoms with Crippen LogP contribution in [0, 0.1) is 6.92 Å². The molecule has 0 bridgehead atoms. The molecule has 0 aliphatic carbocycles. The third-order valence-electron chi connectivity index (χ3n) is 2.63. The topological polar surface area (TPSA) is 43.8 Å². The maximum Gasteiger partial charge on any atom is 0.111 e. The Labute approximate surface area is 89.9 Å².